The zero-order valence-electron chi connectivity index (χ0n) is 7.98. The van der Waals surface area contributed by atoms with Crippen LogP contribution in [0.1, 0.15) is 6.42 Å². The lowest BCUT2D eigenvalue weighted by atomic mass is 10.1. The molecule has 3 nitrogen and oxygen atoms in total. The quantitative estimate of drug-likeness (QED) is 0.729. The number of hydrogen-bond acceptors (Lipinski definition) is 2. The fraction of sp³-hybridized carbons (Fsp3) is 0.273. The summed E-state index contributed by atoms with van der Waals surface area (Å²) in [5.74, 6) is -0.208. The van der Waals surface area contributed by atoms with Gasteiger partial charge in [-0.25, -0.2) is 0 Å². The molecule has 1 aromatic carbocycles. The van der Waals surface area contributed by atoms with Crippen molar-refractivity contribution in [2.24, 2.45) is 5.92 Å². The van der Waals surface area contributed by atoms with E-state index in [-0.39, 0.29) is 11.8 Å². The predicted octanol–water partition coefficient (Wildman–Crippen LogP) is 2.22. The van der Waals surface area contributed by atoms with Crippen molar-refractivity contribution in [3.63, 3.8) is 0 Å². The van der Waals surface area contributed by atoms with Gasteiger partial charge >= 0.3 is 0 Å². The molecule has 1 aliphatic rings. The summed E-state index contributed by atoms with van der Waals surface area (Å²) >= 11 is 5.84. The standard InChI is InChI=1S/C11H9ClN2O/c12-9-2-1-3-10(5-9)14-7-8(6-13)4-11(14)15/h1-3,5,8H,4,7H2/t8-/m0/s1. The van der Waals surface area contributed by atoms with Crippen LogP contribution in [0, 0.1) is 17.2 Å². The lowest BCUT2D eigenvalue weighted by Gasteiger charge is -2.15. The summed E-state index contributed by atoms with van der Waals surface area (Å²) in [5.41, 5.74) is 0.769. The van der Waals surface area contributed by atoms with E-state index in [0.717, 1.165) is 5.69 Å². The maximum Gasteiger partial charge on any atom is 0.228 e. The molecule has 1 atom stereocenters. The van der Waals surface area contributed by atoms with E-state index in [1.807, 2.05) is 6.07 Å². The number of anilines is 1. The summed E-state index contributed by atoms with van der Waals surface area (Å²) in [6.45, 7) is 0.468. The Labute approximate surface area is 92.9 Å². The van der Waals surface area contributed by atoms with Crippen molar-refractivity contribution in [2.75, 3.05) is 11.4 Å². The number of amides is 1. The van der Waals surface area contributed by atoms with E-state index in [4.69, 9.17) is 16.9 Å². The summed E-state index contributed by atoms with van der Waals surface area (Å²) < 4.78 is 0. The average Bonchev–Trinajstić information content (AvgIpc) is 2.60. The number of rotatable bonds is 1. The topological polar surface area (TPSA) is 44.1 Å². The van der Waals surface area contributed by atoms with Crippen LogP contribution in [0.15, 0.2) is 24.3 Å². The lowest BCUT2D eigenvalue weighted by Crippen LogP contribution is -2.24. The molecule has 1 aromatic rings. The van der Waals surface area contributed by atoms with Crippen molar-refractivity contribution >= 4 is 23.2 Å². The summed E-state index contributed by atoms with van der Waals surface area (Å²) in [5, 5.41) is 9.35. The summed E-state index contributed by atoms with van der Waals surface area (Å²) in [6, 6.07) is 9.23. The van der Waals surface area contributed by atoms with Crippen LogP contribution in [-0.2, 0) is 4.79 Å². The number of hydrogen-bond donors (Lipinski definition) is 0. The smallest absolute Gasteiger partial charge is 0.228 e. The molecule has 1 aliphatic heterocycles. The van der Waals surface area contributed by atoms with E-state index in [1.54, 1.807) is 23.1 Å². The second-order valence-electron chi connectivity index (χ2n) is 3.51. The summed E-state index contributed by atoms with van der Waals surface area (Å²) in [4.78, 5) is 13.2. The van der Waals surface area contributed by atoms with Crippen molar-refractivity contribution < 1.29 is 4.79 Å². The third-order valence-corrected chi connectivity index (χ3v) is 2.66. The summed E-state index contributed by atoms with van der Waals surface area (Å²) in [7, 11) is 0. The van der Waals surface area contributed by atoms with Crippen LogP contribution in [0.25, 0.3) is 0 Å². The Kier molecular flexibility index (Phi) is 2.61. The van der Waals surface area contributed by atoms with Gasteiger partial charge in [-0.2, -0.15) is 5.26 Å². The Morgan fingerprint density at radius 2 is 2.33 bits per heavy atom. The van der Waals surface area contributed by atoms with Gasteiger partial charge in [-0.05, 0) is 18.2 Å². The first-order chi connectivity index (χ1) is 7.20. The molecule has 0 aromatic heterocycles. The molecule has 1 fully saturated rings. The zero-order valence-corrected chi connectivity index (χ0v) is 8.74. The number of carbonyl (C=O) groups is 1. The van der Waals surface area contributed by atoms with Crippen molar-refractivity contribution in [3.05, 3.63) is 29.3 Å². The van der Waals surface area contributed by atoms with Gasteiger partial charge in [-0.3, -0.25) is 4.79 Å². The van der Waals surface area contributed by atoms with E-state index >= 15 is 0 Å². The number of halogens is 1. The van der Waals surface area contributed by atoms with Crippen LogP contribution >= 0.6 is 11.6 Å². The first kappa shape index (κ1) is 10.0. The first-order valence-corrected chi connectivity index (χ1v) is 5.04. The Hall–Kier alpha value is -1.53. The van der Waals surface area contributed by atoms with Gasteiger partial charge in [-0.15, -0.1) is 0 Å². The molecular weight excluding hydrogens is 212 g/mol. The van der Waals surface area contributed by atoms with Gasteiger partial charge in [0.05, 0.1) is 12.0 Å². The van der Waals surface area contributed by atoms with Gasteiger partial charge < -0.3 is 4.90 Å². The Morgan fingerprint density at radius 3 is 2.93 bits per heavy atom. The first-order valence-electron chi connectivity index (χ1n) is 4.66. The second-order valence-corrected chi connectivity index (χ2v) is 3.95. The van der Waals surface area contributed by atoms with Crippen molar-refractivity contribution in [1.29, 1.82) is 5.26 Å². The molecule has 0 radical (unpaired) electrons. The van der Waals surface area contributed by atoms with Crippen LogP contribution < -0.4 is 4.90 Å². The molecule has 1 heterocycles. The minimum Gasteiger partial charge on any atom is -0.311 e. The molecule has 1 saturated heterocycles. The highest BCUT2D eigenvalue weighted by atomic mass is 35.5. The number of nitriles is 1. The van der Waals surface area contributed by atoms with Gasteiger partial charge in [0.1, 0.15) is 0 Å². The van der Waals surface area contributed by atoms with Crippen molar-refractivity contribution in [1.82, 2.24) is 0 Å². The summed E-state index contributed by atoms with van der Waals surface area (Å²) in [6.07, 6.45) is 0.309. The van der Waals surface area contributed by atoms with Crippen molar-refractivity contribution in [3.8, 4) is 6.07 Å². The van der Waals surface area contributed by atoms with E-state index in [2.05, 4.69) is 6.07 Å². The molecule has 4 heteroatoms. The minimum atomic E-state index is -0.198. The molecule has 0 N–H and O–H groups in total. The number of carbonyl (C=O) groups excluding carboxylic acids is 1. The number of benzene rings is 1. The van der Waals surface area contributed by atoms with Gasteiger partial charge in [0, 0.05) is 23.7 Å². The van der Waals surface area contributed by atoms with Gasteiger partial charge in [0.15, 0.2) is 0 Å². The Bertz CT molecular complexity index is 438. The predicted molar refractivity (Wildman–Crippen MR) is 57.5 cm³/mol. The average molecular weight is 221 g/mol. The molecule has 0 aliphatic carbocycles. The molecule has 2 rings (SSSR count). The Balaban J connectivity index is 2.26. The molecule has 0 saturated carbocycles. The van der Waals surface area contributed by atoms with E-state index in [9.17, 15) is 4.79 Å². The Morgan fingerprint density at radius 1 is 1.53 bits per heavy atom. The molecular formula is C11H9ClN2O. The van der Waals surface area contributed by atoms with Crippen LogP contribution in [-0.4, -0.2) is 12.5 Å². The maximum absolute atomic E-state index is 11.6. The molecule has 0 spiro atoms. The van der Waals surface area contributed by atoms with Crippen LogP contribution in [0.3, 0.4) is 0 Å². The zero-order chi connectivity index (χ0) is 10.8. The molecule has 1 amide bonds. The largest absolute Gasteiger partial charge is 0.311 e. The van der Waals surface area contributed by atoms with E-state index < -0.39 is 0 Å². The normalized spacial score (nSPS) is 20.4. The van der Waals surface area contributed by atoms with Crippen molar-refractivity contribution in [2.45, 2.75) is 6.42 Å². The maximum atomic E-state index is 11.6. The van der Waals surface area contributed by atoms with E-state index in [0.29, 0.717) is 18.0 Å². The highest BCUT2D eigenvalue weighted by Crippen LogP contribution is 2.26. The van der Waals surface area contributed by atoms with Gasteiger partial charge in [0.25, 0.3) is 0 Å². The third kappa shape index (κ3) is 1.95. The SMILES string of the molecule is N#C[C@@H]1CC(=O)N(c2cccc(Cl)c2)C1. The molecule has 0 bridgehead atoms. The monoisotopic (exact) mass is 220 g/mol. The van der Waals surface area contributed by atoms with Gasteiger partial charge in [0.2, 0.25) is 5.91 Å². The van der Waals surface area contributed by atoms with E-state index in [1.165, 1.54) is 0 Å². The molecule has 15 heavy (non-hydrogen) atoms. The fourth-order valence-electron chi connectivity index (χ4n) is 1.69. The third-order valence-electron chi connectivity index (χ3n) is 2.43. The number of nitrogens with zero attached hydrogens (tertiary/aromatic N) is 2. The lowest BCUT2D eigenvalue weighted by molar-refractivity contribution is -0.117. The van der Waals surface area contributed by atoms with Crippen LogP contribution in [0.5, 0.6) is 0 Å². The second kappa shape index (κ2) is 3.92. The molecule has 0 unspecified atom stereocenters. The van der Waals surface area contributed by atoms with Crippen LogP contribution in [0.2, 0.25) is 5.02 Å². The van der Waals surface area contributed by atoms with Gasteiger partial charge in [-0.1, -0.05) is 17.7 Å². The van der Waals surface area contributed by atoms with Crippen LogP contribution in [0.4, 0.5) is 5.69 Å². The fourth-order valence-corrected chi connectivity index (χ4v) is 1.87. The molecule has 76 valence electrons. The minimum absolute atomic E-state index is 0.0104. The highest BCUT2D eigenvalue weighted by molar-refractivity contribution is 6.30. The highest BCUT2D eigenvalue weighted by Gasteiger charge is 2.30.